The summed E-state index contributed by atoms with van der Waals surface area (Å²) in [6, 6.07) is 20.6. The smallest absolute Gasteiger partial charge is 0.416 e. The molecule has 0 aliphatic heterocycles. The highest BCUT2D eigenvalue weighted by molar-refractivity contribution is 6.31. The van der Waals surface area contributed by atoms with Gasteiger partial charge in [-0.15, -0.1) is 0 Å². The minimum atomic E-state index is -4.46. The molecule has 43 heavy (non-hydrogen) atoms. The van der Waals surface area contributed by atoms with Crippen molar-refractivity contribution < 1.29 is 37.0 Å². The van der Waals surface area contributed by atoms with Gasteiger partial charge in [0.25, 0.3) is 5.91 Å². The Kier molecular flexibility index (Phi) is 8.31. The van der Waals surface area contributed by atoms with Crippen molar-refractivity contribution in [1.29, 1.82) is 0 Å². The quantitative estimate of drug-likeness (QED) is 0.175. The third-order valence-electron chi connectivity index (χ3n) is 6.59. The fraction of sp³-hybridized carbons (Fsp3) is 0.0938. The van der Waals surface area contributed by atoms with Crippen molar-refractivity contribution in [2.75, 3.05) is 0 Å². The van der Waals surface area contributed by atoms with Crippen molar-refractivity contribution >= 4 is 34.2 Å². The molecule has 11 heteroatoms. The van der Waals surface area contributed by atoms with Crippen molar-refractivity contribution in [2.24, 2.45) is 0 Å². The number of benzene rings is 4. The fourth-order valence-corrected chi connectivity index (χ4v) is 4.51. The lowest BCUT2D eigenvalue weighted by Gasteiger charge is -2.15. The molecule has 4 aromatic carbocycles. The number of alkyl halides is 3. The molecule has 0 aliphatic carbocycles. The highest BCUT2D eigenvalue weighted by Gasteiger charge is 2.30. The van der Waals surface area contributed by atoms with Crippen LogP contribution in [0.25, 0.3) is 21.9 Å². The Labute approximate surface area is 247 Å². The van der Waals surface area contributed by atoms with E-state index in [0.717, 1.165) is 17.7 Å². The van der Waals surface area contributed by atoms with Crippen molar-refractivity contribution in [3.8, 4) is 22.6 Å². The number of carbonyl (C=O) groups is 2. The minimum Gasteiger partial charge on any atom is -0.480 e. The molecule has 0 aliphatic rings. The van der Waals surface area contributed by atoms with Crippen molar-refractivity contribution in [1.82, 2.24) is 10.3 Å². The van der Waals surface area contributed by atoms with Gasteiger partial charge in [0.1, 0.15) is 29.1 Å². The van der Waals surface area contributed by atoms with Crippen LogP contribution in [0, 0.1) is 5.82 Å². The van der Waals surface area contributed by atoms with Gasteiger partial charge < -0.3 is 15.2 Å². The van der Waals surface area contributed by atoms with Gasteiger partial charge in [-0.2, -0.15) is 13.2 Å². The van der Waals surface area contributed by atoms with E-state index in [2.05, 4.69) is 10.3 Å². The average molecular weight is 609 g/mol. The molecule has 1 aromatic heterocycles. The third kappa shape index (κ3) is 7.10. The molecule has 1 amide bonds. The van der Waals surface area contributed by atoms with E-state index in [1.54, 1.807) is 48.5 Å². The molecule has 0 radical (unpaired) electrons. The Morgan fingerprint density at radius 3 is 2.19 bits per heavy atom. The fourth-order valence-electron chi connectivity index (χ4n) is 4.33. The van der Waals surface area contributed by atoms with Crippen LogP contribution in [-0.2, 0) is 17.4 Å². The zero-order valence-corrected chi connectivity index (χ0v) is 22.8. The van der Waals surface area contributed by atoms with E-state index in [4.69, 9.17) is 16.3 Å². The van der Waals surface area contributed by atoms with Crippen molar-refractivity contribution in [3.05, 3.63) is 125 Å². The number of halogens is 5. The molecule has 0 fully saturated rings. The Morgan fingerprint density at radius 2 is 1.53 bits per heavy atom. The Morgan fingerprint density at radius 1 is 0.860 bits per heavy atom. The number of hydrogen-bond acceptors (Lipinski definition) is 4. The molecule has 2 N–H and O–H groups in total. The monoisotopic (exact) mass is 608 g/mol. The highest BCUT2D eigenvalue weighted by atomic mass is 35.5. The van der Waals surface area contributed by atoms with E-state index in [-0.39, 0.29) is 22.9 Å². The number of ether oxygens (including phenoxy) is 1. The molecule has 5 rings (SSSR count). The van der Waals surface area contributed by atoms with E-state index in [1.807, 2.05) is 0 Å². The van der Waals surface area contributed by atoms with Crippen molar-refractivity contribution in [3.63, 3.8) is 0 Å². The van der Waals surface area contributed by atoms with Gasteiger partial charge in [0.2, 0.25) is 0 Å². The Bertz CT molecular complexity index is 1810. The van der Waals surface area contributed by atoms with E-state index in [1.165, 1.54) is 36.5 Å². The van der Waals surface area contributed by atoms with E-state index >= 15 is 0 Å². The molecule has 1 heterocycles. The molecule has 0 unspecified atom stereocenters. The highest BCUT2D eigenvalue weighted by Crippen LogP contribution is 2.32. The van der Waals surface area contributed by atoms with Gasteiger partial charge in [0.05, 0.1) is 10.6 Å². The van der Waals surface area contributed by atoms with Crippen LogP contribution in [0.2, 0.25) is 5.02 Å². The number of aliphatic carboxylic acids is 1. The van der Waals surface area contributed by atoms with Gasteiger partial charge >= 0.3 is 12.1 Å². The third-order valence-corrected chi connectivity index (χ3v) is 6.88. The Balaban J connectivity index is 1.28. The summed E-state index contributed by atoms with van der Waals surface area (Å²) in [4.78, 5) is 29.1. The van der Waals surface area contributed by atoms with Crippen LogP contribution < -0.4 is 10.1 Å². The van der Waals surface area contributed by atoms with Gasteiger partial charge in [-0.25, -0.2) is 9.18 Å². The molecule has 0 saturated heterocycles. The number of carbonyl (C=O) groups excluding carboxylic acids is 1. The van der Waals surface area contributed by atoms with Crippen LogP contribution in [0.3, 0.4) is 0 Å². The maximum atomic E-state index is 13.5. The molecule has 218 valence electrons. The second-order valence-electron chi connectivity index (χ2n) is 9.60. The lowest BCUT2D eigenvalue weighted by Crippen LogP contribution is -2.42. The number of rotatable bonds is 8. The van der Waals surface area contributed by atoms with E-state index in [0.29, 0.717) is 27.6 Å². The summed E-state index contributed by atoms with van der Waals surface area (Å²) in [6.07, 6.45) is -3.03. The molecule has 0 saturated carbocycles. The summed E-state index contributed by atoms with van der Waals surface area (Å²) in [5, 5.41) is 13.5. The number of fused-ring (bicyclic) bond motifs is 1. The lowest BCUT2D eigenvalue weighted by molar-refractivity contribution is -0.139. The summed E-state index contributed by atoms with van der Waals surface area (Å²) in [5.41, 5.74) is 1.25. The van der Waals surface area contributed by atoms with Crippen LogP contribution in [0.1, 0.15) is 21.6 Å². The number of hydrogen-bond donors (Lipinski definition) is 2. The topological polar surface area (TPSA) is 88.5 Å². The zero-order chi connectivity index (χ0) is 30.7. The van der Waals surface area contributed by atoms with Crippen LogP contribution in [0.4, 0.5) is 17.6 Å². The summed E-state index contributed by atoms with van der Waals surface area (Å²) in [5.74, 6) is -1.97. The second-order valence-corrected chi connectivity index (χ2v) is 10.0. The molecular weight excluding hydrogens is 588 g/mol. The lowest BCUT2D eigenvalue weighted by atomic mass is 10.0. The first-order chi connectivity index (χ1) is 20.5. The van der Waals surface area contributed by atoms with Crippen LogP contribution >= 0.6 is 11.6 Å². The average Bonchev–Trinajstić information content (AvgIpc) is 2.98. The maximum absolute atomic E-state index is 13.5. The van der Waals surface area contributed by atoms with Gasteiger partial charge in [0.15, 0.2) is 0 Å². The molecular formula is C32H21ClF4N2O4. The van der Waals surface area contributed by atoms with E-state index in [9.17, 15) is 32.3 Å². The molecule has 5 aromatic rings. The summed E-state index contributed by atoms with van der Waals surface area (Å²) >= 11 is 5.86. The first-order valence-electron chi connectivity index (χ1n) is 12.8. The van der Waals surface area contributed by atoms with Gasteiger partial charge in [-0.1, -0.05) is 41.9 Å². The number of carboxylic acids is 1. The van der Waals surface area contributed by atoms with Crippen molar-refractivity contribution in [2.45, 2.75) is 18.6 Å². The summed E-state index contributed by atoms with van der Waals surface area (Å²) < 4.78 is 57.6. The standard InChI is InChI=1S/C32H21ClF4N2O4/c33-26-15-20(6-12-27(26)34)19-3-1-18(2-4-19)13-29(31(41)42)39-30(40)28-16-22-14-25(9-5-21(22)17-38-28)43-24-10-7-23(8-11-24)32(35,36)37/h1-12,14-17,29H,13H2,(H,39,40)(H,41,42)/t29-/m0/s1. The largest absolute Gasteiger partial charge is 0.480 e. The Hall–Kier alpha value is -4.96. The second kappa shape index (κ2) is 12.1. The molecule has 6 nitrogen and oxygen atoms in total. The first-order valence-corrected chi connectivity index (χ1v) is 13.2. The van der Waals surface area contributed by atoms with Crippen LogP contribution in [0.5, 0.6) is 11.5 Å². The number of nitrogens with zero attached hydrogens (tertiary/aromatic N) is 1. The molecule has 0 bridgehead atoms. The normalized spacial score (nSPS) is 12.1. The van der Waals surface area contributed by atoms with Crippen LogP contribution in [0.15, 0.2) is 97.2 Å². The predicted octanol–water partition coefficient (Wildman–Crippen LogP) is 7.93. The number of pyridine rings is 1. The molecule has 1 atom stereocenters. The predicted molar refractivity (Wildman–Crippen MR) is 153 cm³/mol. The number of carboxylic acid groups (broad SMARTS) is 1. The van der Waals surface area contributed by atoms with E-state index < -0.39 is 35.5 Å². The van der Waals surface area contributed by atoms with Gasteiger partial charge in [-0.3, -0.25) is 9.78 Å². The molecule has 0 spiro atoms. The van der Waals surface area contributed by atoms with Gasteiger partial charge in [0, 0.05) is 18.0 Å². The first kappa shape index (κ1) is 29.5. The number of nitrogens with one attached hydrogen (secondary N) is 1. The minimum absolute atomic E-state index is 0.00970. The number of aromatic nitrogens is 1. The van der Waals surface area contributed by atoms with Gasteiger partial charge in [-0.05, 0) is 82.7 Å². The SMILES string of the molecule is O=C(N[C@@H](Cc1ccc(-c2ccc(F)c(Cl)c2)cc1)C(=O)O)c1cc2cc(Oc3ccc(C(F)(F)F)cc3)ccc2cn1. The summed E-state index contributed by atoms with van der Waals surface area (Å²) in [6.45, 7) is 0. The number of amides is 1. The zero-order valence-electron chi connectivity index (χ0n) is 22.0. The summed E-state index contributed by atoms with van der Waals surface area (Å²) in [7, 11) is 0. The van der Waals surface area contributed by atoms with Crippen LogP contribution in [-0.4, -0.2) is 28.0 Å². The maximum Gasteiger partial charge on any atom is 0.416 e.